The van der Waals surface area contributed by atoms with E-state index >= 15 is 0 Å². The molecule has 3 nitrogen and oxygen atoms in total. The van der Waals surface area contributed by atoms with Crippen LogP contribution in [0.1, 0.15) is 0 Å². The van der Waals surface area contributed by atoms with Gasteiger partial charge in [0.1, 0.15) is 0 Å². The average molecular weight is 152 g/mol. The van der Waals surface area contributed by atoms with E-state index in [9.17, 15) is 5.11 Å². The van der Waals surface area contributed by atoms with Gasteiger partial charge in [0.25, 0.3) is 0 Å². The quantitative estimate of drug-likeness (QED) is 0.381. The van der Waals surface area contributed by atoms with Crippen molar-refractivity contribution in [2.45, 2.75) is 5.72 Å². The Balaban J connectivity index is 2.81. The van der Waals surface area contributed by atoms with Gasteiger partial charge in [-0.25, -0.2) is 0 Å². The summed E-state index contributed by atoms with van der Waals surface area (Å²) >= 11 is 0. The molecule has 0 fully saturated rings. The van der Waals surface area contributed by atoms with Crippen LogP contribution in [0.4, 0.5) is 0 Å². The Morgan fingerprint density at radius 2 is 2.55 bits per heavy atom. The lowest BCUT2D eigenvalue weighted by atomic mass is 10.0. The zero-order chi connectivity index (χ0) is 8.32. The van der Waals surface area contributed by atoms with Crippen LogP contribution < -0.4 is 11.1 Å². The largest absolute Gasteiger partial charge is 0.387 e. The van der Waals surface area contributed by atoms with E-state index in [4.69, 9.17) is 5.73 Å². The van der Waals surface area contributed by atoms with Crippen LogP contribution in [-0.4, -0.2) is 17.4 Å². The molecule has 60 valence electrons. The first-order valence-corrected chi connectivity index (χ1v) is 3.42. The molecular formula is C8H12N2O. The number of hydrogen-bond donors (Lipinski definition) is 3. The minimum absolute atomic E-state index is 0.672. The molecule has 0 saturated heterocycles. The fraction of sp³-hybridized carbons (Fsp3) is 0.250. The first kappa shape index (κ1) is 8.04. The van der Waals surface area contributed by atoms with Crippen molar-refractivity contribution in [3.63, 3.8) is 0 Å². The van der Waals surface area contributed by atoms with Gasteiger partial charge in [0.2, 0.25) is 0 Å². The van der Waals surface area contributed by atoms with Gasteiger partial charge in [0.05, 0.1) is 0 Å². The van der Waals surface area contributed by atoms with E-state index in [-0.39, 0.29) is 0 Å². The number of dihydropyridines is 1. The van der Waals surface area contributed by atoms with Crippen LogP contribution in [0.15, 0.2) is 36.6 Å². The third kappa shape index (κ3) is 1.69. The van der Waals surface area contributed by atoms with E-state index in [0.29, 0.717) is 12.1 Å². The molecule has 0 radical (unpaired) electrons. The van der Waals surface area contributed by atoms with Crippen molar-refractivity contribution in [2.75, 3.05) is 6.54 Å². The first-order valence-electron chi connectivity index (χ1n) is 3.42. The van der Waals surface area contributed by atoms with E-state index in [2.05, 4.69) is 11.9 Å². The molecule has 1 atom stereocenters. The van der Waals surface area contributed by atoms with Crippen molar-refractivity contribution in [3.05, 3.63) is 36.6 Å². The third-order valence-electron chi connectivity index (χ3n) is 1.59. The summed E-state index contributed by atoms with van der Waals surface area (Å²) in [6.45, 7) is 4.13. The second-order valence-electron chi connectivity index (χ2n) is 2.43. The van der Waals surface area contributed by atoms with Crippen LogP contribution in [0, 0.1) is 0 Å². The summed E-state index contributed by atoms with van der Waals surface area (Å²) in [5.74, 6) is 0. The summed E-state index contributed by atoms with van der Waals surface area (Å²) in [5, 5.41) is 12.4. The standard InChI is InChI=1S/C8H12N2O/c1-2-8(9,11)7-3-5-10-6-4-7/h2-5,10-11H,1,6,9H2. The summed E-state index contributed by atoms with van der Waals surface area (Å²) < 4.78 is 0. The predicted octanol–water partition coefficient (Wildman–Crippen LogP) is -0.137. The Hall–Kier alpha value is -1.06. The maximum Gasteiger partial charge on any atom is 0.158 e. The van der Waals surface area contributed by atoms with Gasteiger partial charge in [-0.3, -0.25) is 5.73 Å². The minimum Gasteiger partial charge on any atom is -0.387 e. The van der Waals surface area contributed by atoms with Crippen molar-refractivity contribution in [1.82, 2.24) is 5.32 Å². The molecule has 3 heteroatoms. The lowest BCUT2D eigenvalue weighted by molar-refractivity contribution is 0.141. The smallest absolute Gasteiger partial charge is 0.158 e. The molecule has 0 spiro atoms. The highest BCUT2D eigenvalue weighted by Crippen LogP contribution is 2.14. The van der Waals surface area contributed by atoms with E-state index < -0.39 is 5.72 Å². The molecule has 1 heterocycles. The summed E-state index contributed by atoms with van der Waals surface area (Å²) in [4.78, 5) is 0. The van der Waals surface area contributed by atoms with Crippen LogP contribution in [0.2, 0.25) is 0 Å². The highest BCUT2D eigenvalue weighted by atomic mass is 16.3. The molecule has 1 rings (SSSR count). The Labute approximate surface area is 65.9 Å². The van der Waals surface area contributed by atoms with Crippen LogP contribution in [0.25, 0.3) is 0 Å². The molecule has 0 bridgehead atoms. The SMILES string of the molecule is C=CC(N)(O)C1=CCNC=C1. The lowest BCUT2D eigenvalue weighted by Gasteiger charge is -2.21. The topological polar surface area (TPSA) is 58.3 Å². The van der Waals surface area contributed by atoms with Crippen LogP contribution in [0.5, 0.6) is 0 Å². The lowest BCUT2D eigenvalue weighted by Crippen LogP contribution is -2.39. The summed E-state index contributed by atoms with van der Waals surface area (Å²) in [6.07, 6.45) is 6.61. The molecule has 0 aromatic rings. The van der Waals surface area contributed by atoms with E-state index in [0.717, 1.165) is 0 Å². The van der Waals surface area contributed by atoms with E-state index in [1.807, 2.05) is 6.08 Å². The van der Waals surface area contributed by atoms with Gasteiger partial charge in [-0.1, -0.05) is 12.7 Å². The summed E-state index contributed by atoms with van der Waals surface area (Å²) in [7, 11) is 0. The highest BCUT2D eigenvalue weighted by molar-refractivity contribution is 5.33. The van der Waals surface area contributed by atoms with Gasteiger partial charge in [0.15, 0.2) is 5.72 Å². The number of nitrogens with one attached hydrogen (secondary N) is 1. The molecule has 0 amide bonds. The van der Waals surface area contributed by atoms with Gasteiger partial charge < -0.3 is 10.4 Å². The maximum absolute atomic E-state index is 9.46. The zero-order valence-corrected chi connectivity index (χ0v) is 6.25. The first-order chi connectivity index (χ1) is 5.17. The molecule has 4 N–H and O–H groups in total. The van der Waals surface area contributed by atoms with E-state index in [1.165, 1.54) is 6.08 Å². The monoisotopic (exact) mass is 152 g/mol. The molecule has 0 aromatic heterocycles. The molecule has 0 saturated carbocycles. The number of rotatable bonds is 2. The van der Waals surface area contributed by atoms with Crippen molar-refractivity contribution < 1.29 is 5.11 Å². The Bertz CT molecular complexity index is 216. The van der Waals surface area contributed by atoms with Crippen LogP contribution in [0.3, 0.4) is 0 Å². The Morgan fingerprint density at radius 3 is 3.00 bits per heavy atom. The molecule has 1 aliphatic heterocycles. The van der Waals surface area contributed by atoms with Gasteiger partial charge in [-0.2, -0.15) is 0 Å². The van der Waals surface area contributed by atoms with Crippen molar-refractivity contribution in [2.24, 2.45) is 5.73 Å². The fourth-order valence-corrected chi connectivity index (χ4v) is 0.869. The summed E-state index contributed by atoms with van der Waals surface area (Å²) in [6, 6.07) is 0. The number of hydrogen-bond acceptors (Lipinski definition) is 3. The second-order valence-corrected chi connectivity index (χ2v) is 2.43. The van der Waals surface area contributed by atoms with Gasteiger partial charge in [-0.15, -0.1) is 0 Å². The number of aliphatic hydroxyl groups is 1. The van der Waals surface area contributed by atoms with Gasteiger partial charge in [-0.05, 0) is 18.4 Å². The van der Waals surface area contributed by atoms with Crippen LogP contribution >= 0.6 is 0 Å². The molecule has 0 aromatic carbocycles. The van der Waals surface area contributed by atoms with Crippen molar-refractivity contribution in [1.29, 1.82) is 0 Å². The highest BCUT2D eigenvalue weighted by Gasteiger charge is 2.20. The molecule has 0 aliphatic carbocycles. The minimum atomic E-state index is -1.39. The average Bonchev–Trinajstić information content (AvgIpc) is 2.06. The third-order valence-corrected chi connectivity index (χ3v) is 1.59. The molecular weight excluding hydrogens is 140 g/mol. The van der Waals surface area contributed by atoms with Crippen molar-refractivity contribution >= 4 is 0 Å². The zero-order valence-electron chi connectivity index (χ0n) is 6.25. The van der Waals surface area contributed by atoms with Crippen molar-refractivity contribution in [3.8, 4) is 0 Å². The maximum atomic E-state index is 9.46. The van der Waals surface area contributed by atoms with Crippen LogP contribution in [-0.2, 0) is 0 Å². The fourth-order valence-electron chi connectivity index (χ4n) is 0.869. The van der Waals surface area contributed by atoms with Gasteiger partial charge in [0, 0.05) is 12.1 Å². The normalized spacial score (nSPS) is 21.5. The predicted molar refractivity (Wildman–Crippen MR) is 44.6 cm³/mol. The molecule has 11 heavy (non-hydrogen) atoms. The summed E-state index contributed by atoms with van der Waals surface area (Å²) in [5.41, 5.74) is 4.76. The molecule has 1 aliphatic rings. The Morgan fingerprint density at radius 1 is 1.82 bits per heavy atom. The number of nitrogens with two attached hydrogens (primary N) is 1. The second kappa shape index (κ2) is 2.90. The Kier molecular flexibility index (Phi) is 2.12. The molecule has 1 unspecified atom stereocenters. The van der Waals surface area contributed by atoms with Gasteiger partial charge >= 0.3 is 0 Å². The van der Waals surface area contributed by atoms with E-state index in [1.54, 1.807) is 12.3 Å².